The van der Waals surface area contributed by atoms with Crippen LogP contribution < -0.4 is 4.74 Å². The third kappa shape index (κ3) is 4.99. The summed E-state index contributed by atoms with van der Waals surface area (Å²) < 4.78 is 45.4. The van der Waals surface area contributed by atoms with Gasteiger partial charge in [0.15, 0.2) is 5.82 Å². The van der Waals surface area contributed by atoms with Crippen molar-refractivity contribution in [2.24, 2.45) is 5.41 Å². The minimum atomic E-state index is -4.42. The van der Waals surface area contributed by atoms with Crippen molar-refractivity contribution in [2.75, 3.05) is 6.61 Å². The number of halogens is 3. The summed E-state index contributed by atoms with van der Waals surface area (Å²) in [5.41, 5.74) is -0.364. The van der Waals surface area contributed by atoms with E-state index in [0.717, 1.165) is 30.5 Å². The average Bonchev–Trinajstić information content (AvgIpc) is 3.23. The fraction of sp³-hybridized carbons (Fsp3) is 0.391. The van der Waals surface area contributed by atoms with E-state index in [-0.39, 0.29) is 18.1 Å². The number of hydrogen-bond acceptors (Lipinski definition) is 5. The van der Waals surface area contributed by atoms with Gasteiger partial charge in [0.1, 0.15) is 17.7 Å². The lowest BCUT2D eigenvalue weighted by molar-refractivity contribution is -0.181. The molecule has 0 unspecified atom stereocenters. The van der Waals surface area contributed by atoms with Gasteiger partial charge in [-0.25, -0.2) is 9.97 Å². The maximum Gasteiger partial charge on any atom is 0.399 e. The molecule has 10 heteroatoms. The summed E-state index contributed by atoms with van der Waals surface area (Å²) in [5.74, 6) is -0.410. The van der Waals surface area contributed by atoms with Gasteiger partial charge >= 0.3 is 12.1 Å². The van der Waals surface area contributed by atoms with Crippen molar-refractivity contribution in [1.29, 1.82) is 0 Å². The van der Waals surface area contributed by atoms with Crippen molar-refractivity contribution >= 4 is 5.97 Å². The Labute approximate surface area is 189 Å². The fourth-order valence-corrected chi connectivity index (χ4v) is 2.84. The number of pyridine rings is 2. The second-order valence-electron chi connectivity index (χ2n) is 9.02. The molecule has 2 N–H and O–H groups in total. The lowest BCUT2D eigenvalue weighted by Crippen LogP contribution is -2.36. The van der Waals surface area contributed by atoms with E-state index in [1.54, 1.807) is 44.4 Å². The highest BCUT2D eigenvalue weighted by Gasteiger charge is 2.49. The molecule has 3 heterocycles. The molecule has 0 spiro atoms. The summed E-state index contributed by atoms with van der Waals surface area (Å²) >= 11 is 0. The number of nitrogens with one attached hydrogen (secondary N) is 1. The van der Waals surface area contributed by atoms with Crippen molar-refractivity contribution in [2.45, 2.75) is 46.2 Å². The van der Waals surface area contributed by atoms with Crippen LogP contribution >= 0.6 is 0 Å². The Kier molecular flexibility index (Phi) is 6.23. The molecule has 7 nitrogen and oxygen atoms in total. The van der Waals surface area contributed by atoms with Gasteiger partial charge < -0.3 is 14.8 Å². The van der Waals surface area contributed by atoms with Gasteiger partial charge in [-0.3, -0.25) is 9.78 Å². The number of aryl methyl sites for hydroxylation is 1. The summed E-state index contributed by atoms with van der Waals surface area (Å²) in [6, 6.07) is 5.15. The van der Waals surface area contributed by atoms with Crippen LogP contribution in [-0.4, -0.2) is 43.8 Å². The molecule has 3 aromatic rings. The number of carboxylic acid groups (broad SMARTS) is 1. The molecule has 0 fully saturated rings. The van der Waals surface area contributed by atoms with Gasteiger partial charge in [-0.15, -0.1) is 0 Å². The molecule has 3 aromatic heterocycles. The highest BCUT2D eigenvalue weighted by atomic mass is 19.4. The molecule has 33 heavy (non-hydrogen) atoms. The molecule has 0 amide bonds. The van der Waals surface area contributed by atoms with Crippen LogP contribution in [-0.2, 0) is 10.2 Å². The summed E-state index contributed by atoms with van der Waals surface area (Å²) in [7, 11) is 0. The van der Waals surface area contributed by atoms with E-state index in [1.165, 1.54) is 6.20 Å². The Hall–Kier alpha value is -3.43. The van der Waals surface area contributed by atoms with Gasteiger partial charge in [0.25, 0.3) is 0 Å². The molecular formula is C23H25F3N4O3. The molecule has 0 aromatic carbocycles. The first-order valence-electron chi connectivity index (χ1n) is 10.1. The number of imidazole rings is 1. The van der Waals surface area contributed by atoms with Crippen molar-refractivity contribution in [1.82, 2.24) is 19.9 Å². The molecule has 3 rings (SSSR count). The van der Waals surface area contributed by atoms with E-state index in [0.29, 0.717) is 11.6 Å². The average molecular weight is 462 g/mol. The largest absolute Gasteiger partial charge is 0.481 e. The minimum Gasteiger partial charge on any atom is -0.481 e. The van der Waals surface area contributed by atoms with Crippen LogP contribution in [0.25, 0.3) is 22.6 Å². The number of rotatable bonds is 7. The molecule has 0 bridgehead atoms. The van der Waals surface area contributed by atoms with Crippen molar-refractivity contribution in [3.05, 3.63) is 48.0 Å². The van der Waals surface area contributed by atoms with Crippen molar-refractivity contribution in [3.63, 3.8) is 0 Å². The van der Waals surface area contributed by atoms with E-state index in [9.17, 15) is 23.1 Å². The zero-order chi connectivity index (χ0) is 24.6. The Bertz CT molecular complexity index is 1150. The van der Waals surface area contributed by atoms with Crippen LogP contribution in [0.4, 0.5) is 13.2 Å². The predicted octanol–water partition coefficient (Wildman–Crippen LogP) is 5.17. The molecule has 0 radical (unpaired) electrons. The number of aliphatic carboxylic acids is 1. The van der Waals surface area contributed by atoms with Crippen LogP contribution in [0.1, 0.15) is 39.0 Å². The maximum absolute atomic E-state index is 13.3. The van der Waals surface area contributed by atoms with Crippen LogP contribution in [0.3, 0.4) is 0 Å². The Morgan fingerprint density at radius 3 is 2.30 bits per heavy atom. The molecular weight excluding hydrogens is 437 g/mol. The first-order valence-corrected chi connectivity index (χ1v) is 10.1. The van der Waals surface area contributed by atoms with Gasteiger partial charge in [0.2, 0.25) is 5.88 Å². The topological polar surface area (TPSA) is 101 Å². The fourth-order valence-electron chi connectivity index (χ4n) is 2.84. The standard InChI is InChI=1S/C23H25F3N4O3/c1-13-8-18(33-12-21(2,3)20(31)32)28-10-15(13)14-6-7-16(27-9-14)19-29-11-17(30-19)22(4,5)23(24,25)26/h6-11H,12H2,1-5H3,(H,29,30)(H,31,32). The maximum atomic E-state index is 13.3. The van der Waals surface area contributed by atoms with Crippen LogP contribution in [0, 0.1) is 12.3 Å². The highest BCUT2D eigenvalue weighted by Crippen LogP contribution is 2.40. The zero-order valence-electron chi connectivity index (χ0n) is 18.9. The molecule has 0 aliphatic rings. The Morgan fingerprint density at radius 2 is 1.76 bits per heavy atom. The second-order valence-corrected chi connectivity index (χ2v) is 9.02. The van der Waals surface area contributed by atoms with E-state index in [4.69, 9.17) is 4.74 Å². The number of H-pyrrole nitrogens is 1. The minimum absolute atomic E-state index is 0.0271. The van der Waals surface area contributed by atoms with Gasteiger partial charge in [-0.1, -0.05) is 6.07 Å². The van der Waals surface area contributed by atoms with E-state index in [1.807, 2.05) is 6.92 Å². The van der Waals surface area contributed by atoms with Gasteiger partial charge in [0.05, 0.1) is 5.41 Å². The quantitative estimate of drug-likeness (QED) is 0.502. The van der Waals surface area contributed by atoms with Crippen molar-refractivity contribution < 1.29 is 27.8 Å². The lowest BCUT2D eigenvalue weighted by atomic mass is 9.89. The molecule has 0 saturated carbocycles. The molecule has 0 atom stereocenters. The van der Waals surface area contributed by atoms with E-state index < -0.39 is 23.0 Å². The first-order chi connectivity index (χ1) is 15.2. The normalized spacial score (nSPS) is 12.6. The van der Waals surface area contributed by atoms with Gasteiger partial charge in [-0.2, -0.15) is 13.2 Å². The number of hydrogen-bond donors (Lipinski definition) is 2. The summed E-state index contributed by atoms with van der Waals surface area (Å²) in [6.45, 7) is 7.14. The SMILES string of the molecule is Cc1cc(OCC(C)(C)C(=O)O)ncc1-c1ccc(-c2ncc(C(C)(C)C(F)(F)F)[nH]2)nc1. The number of nitrogens with zero attached hydrogens (tertiary/aromatic N) is 3. The lowest BCUT2D eigenvalue weighted by Gasteiger charge is -2.26. The van der Waals surface area contributed by atoms with Gasteiger partial charge in [-0.05, 0) is 46.2 Å². The number of carbonyl (C=O) groups is 1. The number of alkyl halides is 3. The Balaban J connectivity index is 1.78. The highest BCUT2D eigenvalue weighted by molar-refractivity contribution is 5.73. The number of aromatic nitrogens is 4. The zero-order valence-corrected chi connectivity index (χ0v) is 18.9. The first kappa shape index (κ1) is 24.2. The molecule has 0 aliphatic heterocycles. The molecule has 0 aliphatic carbocycles. The summed E-state index contributed by atoms with van der Waals surface area (Å²) in [4.78, 5) is 26.6. The molecule has 176 valence electrons. The molecule has 0 saturated heterocycles. The van der Waals surface area contributed by atoms with E-state index in [2.05, 4.69) is 19.9 Å². The van der Waals surface area contributed by atoms with Gasteiger partial charge in [0, 0.05) is 41.5 Å². The van der Waals surface area contributed by atoms with E-state index >= 15 is 0 Å². The van der Waals surface area contributed by atoms with Crippen molar-refractivity contribution in [3.8, 4) is 28.5 Å². The number of carboxylic acids is 1. The Morgan fingerprint density at radius 1 is 1.06 bits per heavy atom. The van der Waals surface area contributed by atoms with Crippen LogP contribution in [0.2, 0.25) is 0 Å². The number of aromatic amines is 1. The van der Waals surface area contributed by atoms with Crippen LogP contribution in [0.5, 0.6) is 5.88 Å². The third-order valence-electron chi connectivity index (χ3n) is 5.52. The third-order valence-corrected chi connectivity index (χ3v) is 5.52. The second kappa shape index (κ2) is 8.49. The number of ether oxygens (including phenoxy) is 1. The summed E-state index contributed by atoms with van der Waals surface area (Å²) in [5, 5.41) is 9.18. The smallest absolute Gasteiger partial charge is 0.399 e. The monoisotopic (exact) mass is 462 g/mol. The van der Waals surface area contributed by atoms with Crippen LogP contribution in [0.15, 0.2) is 36.8 Å². The predicted molar refractivity (Wildman–Crippen MR) is 116 cm³/mol. The summed E-state index contributed by atoms with van der Waals surface area (Å²) in [6.07, 6.45) is -0.0504.